The van der Waals surface area contributed by atoms with Crippen LogP contribution in [0.5, 0.6) is 0 Å². The van der Waals surface area contributed by atoms with E-state index in [1.165, 1.54) is 25.7 Å². The minimum atomic E-state index is -0.853. The van der Waals surface area contributed by atoms with Gasteiger partial charge < -0.3 is 20.2 Å². The topological polar surface area (TPSA) is 55.8 Å². The van der Waals surface area contributed by atoms with Crippen molar-refractivity contribution in [3.63, 3.8) is 0 Å². The zero-order valence-corrected chi connectivity index (χ0v) is 13.5. The molecule has 20 heavy (non-hydrogen) atoms. The van der Waals surface area contributed by atoms with Crippen LogP contribution in [0.4, 0.5) is 4.79 Å². The van der Waals surface area contributed by atoms with Gasteiger partial charge in [0.25, 0.3) is 0 Å². The zero-order valence-electron chi connectivity index (χ0n) is 13.5. The predicted molar refractivity (Wildman–Crippen MR) is 81.8 cm³/mol. The van der Waals surface area contributed by atoms with Crippen LogP contribution in [-0.4, -0.2) is 65.8 Å². The van der Waals surface area contributed by atoms with Crippen LogP contribution in [0.15, 0.2) is 0 Å². The van der Waals surface area contributed by atoms with Crippen LogP contribution in [0.25, 0.3) is 0 Å². The molecule has 0 spiro atoms. The summed E-state index contributed by atoms with van der Waals surface area (Å²) in [5, 5.41) is 12.7. The summed E-state index contributed by atoms with van der Waals surface area (Å²) < 4.78 is 0. The Morgan fingerprint density at radius 3 is 2.45 bits per heavy atom. The Labute approximate surface area is 123 Å². The predicted octanol–water partition coefficient (Wildman–Crippen LogP) is 1.66. The van der Waals surface area contributed by atoms with Gasteiger partial charge in [-0.1, -0.05) is 12.8 Å². The number of urea groups is 1. The Balaban J connectivity index is 2.27. The van der Waals surface area contributed by atoms with E-state index in [-0.39, 0.29) is 6.03 Å². The van der Waals surface area contributed by atoms with Crippen molar-refractivity contribution < 1.29 is 9.90 Å². The van der Waals surface area contributed by atoms with E-state index in [0.29, 0.717) is 25.7 Å². The maximum atomic E-state index is 12.0. The van der Waals surface area contributed by atoms with E-state index in [0.717, 1.165) is 6.54 Å². The summed E-state index contributed by atoms with van der Waals surface area (Å²) in [4.78, 5) is 16.0. The summed E-state index contributed by atoms with van der Waals surface area (Å²) in [5.74, 6) is 0. The Bertz CT molecular complexity index is 296. The maximum absolute atomic E-state index is 12.0. The molecule has 0 heterocycles. The third-order valence-electron chi connectivity index (χ3n) is 3.94. The van der Waals surface area contributed by atoms with Crippen molar-refractivity contribution in [1.29, 1.82) is 0 Å². The lowest BCUT2D eigenvalue weighted by atomic mass is 10.1. The molecule has 5 nitrogen and oxygen atoms in total. The molecule has 0 aliphatic heterocycles. The van der Waals surface area contributed by atoms with Gasteiger partial charge >= 0.3 is 6.03 Å². The number of carbonyl (C=O) groups excluding carboxylic acids is 1. The first-order valence-electron chi connectivity index (χ1n) is 7.79. The normalized spacial score (nSPS) is 16.7. The molecule has 1 rings (SSSR count). The lowest BCUT2D eigenvalue weighted by Gasteiger charge is -2.29. The van der Waals surface area contributed by atoms with Crippen molar-refractivity contribution in [3.8, 4) is 0 Å². The fraction of sp³-hybridized carbons (Fsp3) is 0.933. The molecule has 0 saturated heterocycles. The first-order chi connectivity index (χ1) is 9.33. The van der Waals surface area contributed by atoms with E-state index >= 15 is 0 Å². The average Bonchev–Trinajstić information content (AvgIpc) is 2.88. The molecule has 2 N–H and O–H groups in total. The third kappa shape index (κ3) is 6.09. The third-order valence-corrected chi connectivity index (χ3v) is 3.94. The van der Waals surface area contributed by atoms with Gasteiger partial charge in [-0.15, -0.1) is 0 Å². The summed E-state index contributed by atoms with van der Waals surface area (Å²) in [7, 11) is 2.14. The van der Waals surface area contributed by atoms with Crippen molar-refractivity contribution in [2.75, 3.05) is 33.2 Å². The number of aliphatic hydroxyl groups is 1. The van der Waals surface area contributed by atoms with Crippen molar-refractivity contribution in [3.05, 3.63) is 0 Å². The Kier molecular flexibility index (Phi) is 6.76. The summed E-state index contributed by atoms with van der Waals surface area (Å²) in [5.41, 5.74) is -0.853. The SMILES string of the molecule is CCN(CC(C)(C)O)C(=O)NCCN(C)C1CCCC1. The zero-order chi connectivity index (χ0) is 15.2. The van der Waals surface area contributed by atoms with Gasteiger partial charge in [0, 0.05) is 25.7 Å². The molecule has 0 unspecified atom stereocenters. The second-order valence-corrected chi connectivity index (χ2v) is 6.48. The van der Waals surface area contributed by atoms with Crippen LogP contribution in [0, 0.1) is 0 Å². The van der Waals surface area contributed by atoms with Crippen LogP contribution in [0.3, 0.4) is 0 Å². The van der Waals surface area contributed by atoms with E-state index in [2.05, 4.69) is 17.3 Å². The fourth-order valence-electron chi connectivity index (χ4n) is 2.77. The number of nitrogens with zero attached hydrogens (tertiary/aromatic N) is 2. The summed E-state index contributed by atoms with van der Waals surface area (Å²) in [6, 6.07) is 0.597. The van der Waals surface area contributed by atoms with Gasteiger partial charge in [0.05, 0.1) is 12.1 Å². The standard InChI is InChI=1S/C15H31N3O2/c1-5-18(12-15(2,3)20)14(19)16-10-11-17(4)13-8-6-7-9-13/h13,20H,5-12H2,1-4H3,(H,16,19). The number of nitrogens with one attached hydrogen (secondary N) is 1. The number of amides is 2. The molecule has 0 atom stereocenters. The second kappa shape index (κ2) is 7.84. The van der Waals surface area contributed by atoms with Crippen molar-refractivity contribution in [1.82, 2.24) is 15.1 Å². The quantitative estimate of drug-likeness (QED) is 0.748. The van der Waals surface area contributed by atoms with E-state index < -0.39 is 5.60 Å². The van der Waals surface area contributed by atoms with E-state index in [4.69, 9.17) is 0 Å². The highest BCUT2D eigenvalue weighted by molar-refractivity contribution is 5.74. The summed E-state index contributed by atoms with van der Waals surface area (Å²) in [6.07, 6.45) is 5.22. The lowest BCUT2D eigenvalue weighted by molar-refractivity contribution is 0.0479. The smallest absolute Gasteiger partial charge is 0.317 e. The van der Waals surface area contributed by atoms with Crippen LogP contribution in [0.2, 0.25) is 0 Å². The number of rotatable bonds is 7. The molecule has 1 aliphatic rings. The highest BCUT2D eigenvalue weighted by Gasteiger charge is 2.22. The largest absolute Gasteiger partial charge is 0.389 e. The molecule has 5 heteroatoms. The highest BCUT2D eigenvalue weighted by Crippen LogP contribution is 2.21. The summed E-state index contributed by atoms with van der Waals surface area (Å²) in [6.45, 7) is 7.87. The first kappa shape index (κ1) is 17.2. The summed E-state index contributed by atoms with van der Waals surface area (Å²) >= 11 is 0. The Morgan fingerprint density at radius 1 is 1.35 bits per heavy atom. The van der Waals surface area contributed by atoms with Gasteiger partial charge in [0.15, 0.2) is 0 Å². The van der Waals surface area contributed by atoms with Gasteiger partial charge in [-0.05, 0) is 40.7 Å². The molecule has 1 fully saturated rings. The van der Waals surface area contributed by atoms with Crippen LogP contribution < -0.4 is 5.32 Å². The number of carbonyl (C=O) groups is 1. The van der Waals surface area contributed by atoms with E-state index in [1.54, 1.807) is 18.7 Å². The minimum Gasteiger partial charge on any atom is -0.389 e. The van der Waals surface area contributed by atoms with Gasteiger partial charge in [-0.2, -0.15) is 0 Å². The minimum absolute atomic E-state index is 0.0885. The second-order valence-electron chi connectivity index (χ2n) is 6.48. The van der Waals surface area contributed by atoms with Crippen LogP contribution >= 0.6 is 0 Å². The van der Waals surface area contributed by atoms with E-state index in [1.807, 2.05) is 6.92 Å². The van der Waals surface area contributed by atoms with Gasteiger partial charge in [0.2, 0.25) is 0 Å². The lowest BCUT2D eigenvalue weighted by Crippen LogP contribution is -2.48. The Morgan fingerprint density at radius 2 is 1.95 bits per heavy atom. The molecular weight excluding hydrogens is 254 g/mol. The molecule has 0 aromatic rings. The molecule has 1 saturated carbocycles. The van der Waals surface area contributed by atoms with Crippen molar-refractivity contribution in [2.45, 2.75) is 58.1 Å². The van der Waals surface area contributed by atoms with Crippen molar-refractivity contribution >= 4 is 6.03 Å². The van der Waals surface area contributed by atoms with E-state index in [9.17, 15) is 9.90 Å². The number of hydrogen-bond acceptors (Lipinski definition) is 3. The molecule has 118 valence electrons. The van der Waals surface area contributed by atoms with Crippen molar-refractivity contribution in [2.24, 2.45) is 0 Å². The molecule has 0 aromatic carbocycles. The maximum Gasteiger partial charge on any atom is 0.317 e. The molecule has 0 aromatic heterocycles. The monoisotopic (exact) mass is 285 g/mol. The average molecular weight is 285 g/mol. The molecular formula is C15H31N3O2. The van der Waals surface area contributed by atoms with Gasteiger partial charge in [0.1, 0.15) is 0 Å². The highest BCUT2D eigenvalue weighted by atomic mass is 16.3. The van der Waals surface area contributed by atoms with Crippen LogP contribution in [-0.2, 0) is 0 Å². The molecule has 0 radical (unpaired) electrons. The van der Waals surface area contributed by atoms with Gasteiger partial charge in [-0.25, -0.2) is 4.79 Å². The Hall–Kier alpha value is -0.810. The van der Waals surface area contributed by atoms with Gasteiger partial charge in [-0.3, -0.25) is 0 Å². The van der Waals surface area contributed by atoms with Crippen LogP contribution in [0.1, 0.15) is 46.5 Å². The number of likely N-dealkylation sites (N-methyl/N-ethyl adjacent to an activating group) is 2. The molecule has 0 bridgehead atoms. The number of hydrogen-bond donors (Lipinski definition) is 2. The fourth-order valence-corrected chi connectivity index (χ4v) is 2.77. The molecule has 2 amide bonds. The first-order valence-corrected chi connectivity index (χ1v) is 7.79. The molecule has 1 aliphatic carbocycles.